The normalized spacial score (nSPS) is 18.9. The number of nitrogens with zero attached hydrogens (tertiary/aromatic N) is 5. The van der Waals surface area contributed by atoms with Crippen molar-refractivity contribution in [3.63, 3.8) is 0 Å². The van der Waals surface area contributed by atoms with Crippen molar-refractivity contribution in [2.45, 2.75) is 90.1 Å². The van der Waals surface area contributed by atoms with Gasteiger partial charge in [0.2, 0.25) is 0 Å². The van der Waals surface area contributed by atoms with E-state index in [2.05, 4.69) is 46.8 Å². The lowest BCUT2D eigenvalue weighted by atomic mass is 10.2. The predicted molar refractivity (Wildman–Crippen MR) is 213 cm³/mol. The summed E-state index contributed by atoms with van der Waals surface area (Å²) in [5, 5.41) is 9.66. The number of aromatic nitrogens is 3. The summed E-state index contributed by atoms with van der Waals surface area (Å²) in [4.78, 5) is 38.2. The molecule has 13 nitrogen and oxygen atoms in total. The lowest BCUT2D eigenvalue weighted by molar-refractivity contribution is 0.0282. The highest BCUT2D eigenvalue weighted by Crippen LogP contribution is 2.18. The Morgan fingerprint density at radius 3 is 1.60 bits per heavy atom. The molecule has 5 N–H and O–H groups in total. The molecule has 55 heavy (non-hydrogen) atoms. The van der Waals surface area contributed by atoms with Crippen LogP contribution in [-0.4, -0.2) is 106 Å². The van der Waals surface area contributed by atoms with E-state index in [9.17, 15) is 22.8 Å². The highest BCUT2D eigenvalue weighted by molar-refractivity contribution is 9.10. The molecule has 18 heteroatoms. The number of carbonyl (C=O) groups excluding carboxylic acids is 2. The van der Waals surface area contributed by atoms with Gasteiger partial charge in [-0.2, -0.15) is 0 Å². The Morgan fingerprint density at radius 2 is 1.22 bits per heavy atom. The Bertz CT molecular complexity index is 1560. The maximum atomic E-state index is 12.8. The molecule has 0 spiro atoms. The van der Waals surface area contributed by atoms with Gasteiger partial charge in [-0.3, -0.25) is 0 Å². The van der Waals surface area contributed by atoms with Gasteiger partial charge in [0, 0.05) is 50.8 Å². The average Bonchev–Trinajstić information content (AvgIpc) is 3.88. The summed E-state index contributed by atoms with van der Waals surface area (Å²) in [6.45, 7) is 15.7. The van der Waals surface area contributed by atoms with Crippen LogP contribution in [0.25, 0.3) is 0 Å². The van der Waals surface area contributed by atoms with Crippen LogP contribution in [0.4, 0.5) is 34.4 Å². The van der Waals surface area contributed by atoms with E-state index < -0.39 is 11.2 Å². The molecule has 3 aromatic heterocycles. The van der Waals surface area contributed by atoms with Crippen LogP contribution in [0.2, 0.25) is 0 Å². The van der Waals surface area contributed by atoms with E-state index in [1.807, 2.05) is 41.5 Å². The molecule has 0 saturated carbocycles. The molecule has 0 radical (unpaired) electrons. The van der Waals surface area contributed by atoms with Crippen molar-refractivity contribution in [1.29, 1.82) is 0 Å². The predicted octanol–water partition coefficient (Wildman–Crippen LogP) is 7.00. The van der Waals surface area contributed by atoms with Gasteiger partial charge in [-0.15, -0.1) is 12.4 Å². The lowest BCUT2D eigenvalue weighted by Gasteiger charge is -2.24. The van der Waals surface area contributed by atoms with Crippen molar-refractivity contribution in [1.82, 2.24) is 30.1 Å². The molecule has 3 aromatic rings. The number of hydrogen-bond donors (Lipinski definition) is 4. The largest absolute Gasteiger partial charge is 0.444 e. The molecule has 2 amide bonds. The van der Waals surface area contributed by atoms with E-state index in [0.29, 0.717) is 36.1 Å². The van der Waals surface area contributed by atoms with Crippen LogP contribution in [0.15, 0.2) is 59.6 Å². The van der Waals surface area contributed by atoms with Crippen LogP contribution in [-0.2, 0) is 9.47 Å². The van der Waals surface area contributed by atoms with Crippen LogP contribution < -0.4 is 21.7 Å². The maximum Gasteiger partial charge on any atom is 0.410 e. The Labute approximate surface area is 336 Å². The van der Waals surface area contributed by atoms with Crippen molar-refractivity contribution in [3.05, 3.63) is 77.0 Å². The summed E-state index contributed by atoms with van der Waals surface area (Å²) in [5.41, 5.74) is 4.78. The first-order valence-electron chi connectivity index (χ1n) is 17.8. The van der Waals surface area contributed by atoms with Gasteiger partial charge in [-0.05, 0) is 120 Å². The Morgan fingerprint density at radius 1 is 0.745 bits per heavy atom. The molecule has 0 unspecified atom stereocenters. The second-order valence-electron chi connectivity index (χ2n) is 14.9. The first-order valence-corrected chi connectivity index (χ1v) is 18.6. The van der Waals surface area contributed by atoms with Crippen LogP contribution in [0, 0.1) is 17.5 Å². The van der Waals surface area contributed by atoms with E-state index in [-0.39, 0.29) is 54.1 Å². The first-order chi connectivity index (χ1) is 25.3. The summed E-state index contributed by atoms with van der Waals surface area (Å²) in [7, 11) is 0. The topological polar surface area (TPSA) is 160 Å². The first kappa shape index (κ1) is 47.2. The van der Waals surface area contributed by atoms with E-state index >= 15 is 0 Å². The quantitative estimate of drug-likeness (QED) is 0.200. The third-order valence-electron chi connectivity index (χ3n) is 7.63. The minimum absolute atomic E-state index is 0. The number of likely N-dealkylation sites (tertiary alicyclic amines) is 2. The molecule has 0 bridgehead atoms. The average molecular weight is 861 g/mol. The van der Waals surface area contributed by atoms with Gasteiger partial charge in [0.15, 0.2) is 0 Å². The van der Waals surface area contributed by atoms with Crippen LogP contribution in [0.1, 0.15) is 60.8 Å². The number of nitrogens with two attached hydrogens (primary N) is 1. The van der Waals surface area contributed by atoms with Crippen LogP contribution >= 0.6 is 28.3 Å². The Balaban J connectivity index is 0.000000264. The smallest absolute Gasteiger partial charge is 0.410 e. The Hall–Kier alpha value is -3.93. The number of rotatable bonds is 4. The van der Waals surface area contributed by atoms with Gasteiger partial charge in [-0.1, -0.05) is 0 Å². The van der Waals surface area contributed by atoms with Crippen LogP contribution in [0.3, 0.4) is 0 Å². The summed E-state index contributed by atoms with van der Waals surface area (Å²) in [6.07, 6.45) is 5.79. The molecule has 3 atom stereocenters. The summed E-state index contributed by atoms with van der Waals surface area (Å²) in [5.74, 6) is 0.387. The molecular formula is C37H54BrClF3N9O4. The second-order valence-corrected chi connectivity index (χ2v) is 15.7. The van der Waals surface area contributed by atoms with E-state index in [0.717, 1.165) is 50.9 Å². The summed E-state index contributed by atoms with van der Waals surface area (Å²) in [6, 6.07) is 9.57. The van der Waals surface area contributed by atoms with Gasteiger partial charge in [0.05, 0.1) is 18.6 Å². The number of anilines is 2. The molecular weight excluding hydrogens is 807 g/mol. The van der Waals surface area contributed by atoms with Gasteiger partial charge in [-0.25, -0.2) is 37.7 Å². The van der Waals surface area contributed by atoms with Crippen molar-refractivity contribution < 1.29 is 32.2 Å². The molecule has 0 aromatic carbocycles. The molecule has 3 aliphatic rings. The van der Waals surface area contributed by atoms with Crippen molar-refractivity contribution in [2.75, 3.05) is 49.9 Å². The highest BCUT2D eigenvalue weighted by atomic mass is 79.9. The fourth-order valence-electron chi connectivity index (χ4n) is 5.13. The molecule has 6 heterocycles. The van der Waals surface area contributed by atoms with E-state index in [1.165, 1.54) is 30.6 Å². The number of pyridine rings is 3. The van der Waals surface area contributed by atoms with E-state index in [4.69, 9.17) is 15.2 Å². The van der Waals surface area contributed by atoms with Crippen molar-refractivity contribution >= 4 is 52.2 Å². The third-order valence-corrected chi connectivity index (χ3v) is 8.10. The van der Waals surface area contributed by atoms with E-state index in [1.54, 1.807) is 28.0 Å². The van der Waals surface area contributed by atoms with Crippen LogP contribution in [0.5, 0.6) is 0 Å². The number of carbonyl (C=O) groups is 2. The monoisotopic (exact) mass is 859 g/mol. The van der Waals surface area contributed by atoms with Crippen molar-refractivity contribution in [2.24, 2.45) is 5.73 Å². The van der Waals surface area contributed by atoms with Gasteiger partial charge < -0.3 is 41.0 Å². The molecule has 3 saturated heterocycles. The van der Waals surface area contributed by atoms with Crippen molar-refractivity contribution in [3.8, 4) is 0 Å². The molecule has 6 rings (SSSR count). The zero-order valence-corrected chi connectivity index (χ0v) is 34.6. The lowest BCUT2D eigenvalue weighted by Crippen LogP contribution is -2.36. The minimum atomic E-state index is -0.485. The Kier molecular flexibility index (Phi) is 19.4. The zero-order valence-electron chi connectivity index (χ0n) is 32.2. The number of ether oxygens (including phenoxy) is 2. The molecule has 0 aliphatic carbocycles. The number of hydrogen-bond acceptors (Lipinski definition) is 11. The third kappa shape index (κ3) is 19.5. The molecule has 3 fully saturated rings. The minimum Gasteiger partial charge on any atom is -0.444 e. The summed E-state index contributed by atoms with van der Waals surface area (Å²) < 4.78 is 48.4. The SMILES string of the molecule is CC(C)(C)OC(=O)N1CC[C@H](N)C1.CC(C)(C)OC(=O)N1CC[C@H](Nc2ccc(F)cn2)C1.Cl.Fc1ccc(Br)nc1.Fc1ccc(N[C@H]2CCNC2)nc1. The number of halogens is 5. The van der Waals surface area contributed by atoms with Gasteiger partial charge in [0.25, 0.3) is 0 Å². The van der Waals surface area contributed by atoms with Gasteiger partial charge >= 0.3 is 12.2 Å². The number of amides is 2. The highest BCUT2D eigenvalue weighted by Gasteiger charge is 2.30. The molecule has 3 aliphatic heterocycles. The zero-order chi connectivity index (χ0) is 39.9. The fraction of sp³-hybridized carbons (Fsp3) is 0.541. The second kappa shape index (κ2) is 22.6. The number of nitrogens with one attached hydrogen (secondary N) is 3. The van der Waals surface area contributed by atoms with Gasteiger partial charge in [0.1, 0.15) is 44.9 Å². The maximum absolute atomic E-state index is 12.8. The fourth-order valence-corrected chi connectivity index (χ4v) is 5.36. The molecule has 306 valence electrons. The standard InChI is InChI=1S/C14H20FN3O2.C9H12FN3.C9H18N2O2.C5H3BrFN.ClH/c1-14(2,3)20-13(19)18-7-6-11(9-18)17-12-5-4-10(15)8-16-12;10-7-1-2-9(12-5-7)13-8-3-4-11-6-8;1-9(2,3)13-8(12)11-5-4-7(10)6-11;6-5-2-1-4(7)3-8-5;/h4-5,8,11H,6-7,9H2,1-3H3,(H,16,17);1-2,5,8,11H,3-4,6H2,(H,12,13);7H,4-6,10H2,1-3H3;1-3H;1H/t11-;8-;7-;;/m000../s1. The summed E-state index contributed by atoms with van der Waals surface area (Å²) >= 11 is 3.07.